The minimum absolute atomic E-state index is 0. The number of sulfonamides is 1. The van der Waals surface area contributed by atoms with E-state index in [4.69, 9.17) is 5.73 Å². The summed E-state index contributed by atoms with van der Waals surface area (Å²) in [5, 5.41) is 0.145. The van der Waals surface area contributed by atoms with E-state index < -0.39 is 21.3 Å². The van der Waals surface area contributed by atoms with Crippen LogP contribution in [-0.4, -0.2) is 41.8 Å². The molecule has 25 heavy (non-hydrogen) atoms. The molecule has 3 atom stereocenters. The Morgan fingerprint density at radius 2 is 1.88 bits per heavy atom. The van der Waals surface area contributed by atoms with Crippen molar-refractivity contribution in [1.29, 1.82) is 0 Å². The van der Waals surface area contributed by atoms with Crippen molar-refractivity contribution in [3.05, 3.63) is 39.0 Å². The first kappa shape index (κ1) is 18.1. The van der Waals surface area contributed by atoms with Crippen molar-refractivity contribution in [2.24, 2.45) is 17.6 Å². The number of nitrogens with two attached hydrogens (primary N) is 1. The van der Waals surface area contributed by atoms with Gasteiger partial charge in [0.15, 0.2) is 0 Å². The highest BCUT2D eigenvalue weighted by molar-refractivity contribution is 7.89. The van der Waals surface area contributed by atoms with Crippen molar-refractivity contribution in [2.75, 3.05) is 13.1 Å². The molecule has 1 saturated carbocycles. The Balaban J connectivity index is 0.00000182. The summed E-state index contributed by atoms with van der Waals surface area (Å²) < 4.78 is 27.3. The number of H-pyrrole nitrogens is 2. The molecule has 8 nitrogen and oxygen atoms in total. The maximum Gasteiger partial charge on any atom is 0.326 e. The highest BCUT2D eigenvalue weighted by atomic mass is 35.5. The van der Waals surface area contributed by atoms with E-state index in [2.05, 4.69) is 9.97 Å². The zero-order chi connectivity index (χ0) is 17.1. The first-order valence-electron chi connectivity index (χ1n) is 7.88. The van der Waals surface area contributed by atoms with Gasteiger partial charge in [-0.1, -0.05) is 0 Å². The fraction of sp³-hybridized carbons (Fsp3) is 0.467. The Morgan fingerprint density at radius 3 is 2.60 bits per heavy atom. The predicted molar refractivity (Wildman–Crippen MR) is 95.4 cm³/mol. The van der Waals surface area contributed by atoms with E-state index in [1.807, 2.05) is 0 Å². The summed E-state index contributed by atoms with van der Waals surface area (Å²) in [5.41, 5.74) is 5.15. The summed E-state index contributed by atoms with van der Waals surface area (Å²) in [4.78, 5) is 27.8. The van der Waals surface area contributed by atoms with Crippen LogP contribution in [0.15, 0.2) is 32.7 Å². The molecule has 1 aliphatic carbocycles. The zero-order valence-corrected chi connectivity index (χ0v) is 14.9. The zero-order valence-electron chi connectivity index (χ0n) is 13.3. The smallest absolute Gasteiger partial charge is 0.326 e. The van der Waals surface area contributed by atoms with Gasteiger partial charge in [0.2, 0.25) is 10.0 Å². The molecule has 10 heteroatoms. The Hall–Kier alpha value is -1.68. The number of hydrogen-bond acceptors (Lipinski definition) is 5. The lowest BCUT2D eigenvalue weighted by molar-refractivity contribution is 0.427. The molecule has 0 spiro atoms. The summed E-state index contributed by atoms with van der Waals surface area (Å²) in [6.07, 6.45) is 1.90. The lowest BCUT2D eigenvalue weighted by Crippen LogP contribution is -2.33. The maximum atomic E-state index is 12.9. The number of nitrogens with one attached hydrogen (secondary N) is 2. The second kappa shape index (κ2) is 6.24. The molecule has 2 heterocycles. The average molecular weight is 387 g/mol. The number of benzene rings is 1. The fourth-order valence-corrected chi connectivity index (χ4v) is 5.48. The number of hydrogen-bond donors (Lipinski definition) is 3. The molecule has 2 aromatic rings. The van der Waals surface area contributed by atoms with E-state index in [1.165, 1.54) is 22.5 Å². The second-order valence-corrected chi connectivity index (χ2v) is 8.54. The van der Waals surface area contributed by atoms with Crippen molar-refractivity contribution in [3.8, 4) is 0 Å². The van der Waals surface area contributed by atoms with Crippen molar-refractivity contribution >= 4 is 33.3 Å². The van der Waals surface area contributed by atoms with E-state index >= 15 is 0 Å². The molecule has 1 aromatic heterocycles. The first-order chi connectivity index (χ1) is 11.4. The number of nitrogens with zero attached hydrogens (tertiary/aromatic N) is 1. The quantitative estimate of drug-likeness (QED) is 0.668. The minimum atomic E-state index is -3.69. The molecule has 136 valence electrons. The Morgan fingerprint density at radius 1 is 1.12 bits per heavy atom. The lowest BCUT2D eigenvalue weighted by Gasteiger charge is -2.18. The molecule has 2 fully saturated rings. The van der Waals surface area contributed by atoms with E-state index in [0.717, 1.165) is 12.8 Å². The highest BCUT2D eigenvalue weighted by Crippen LogP contribution is 2.39. The van der Waals surface area contributed by atoms with Gasteiger partial charge in [-0.25, -0.2) is 13.2 Å². The van der Waals surface area contributed by atoms with Crippen molar-refractivity contribution < 1.29 is 8.42 Å². The molecule has 4 rings (SSSR count). The molecule has 1 aliphatic heterocycles. The van der Waals surface area contributed by atoms with Crippen LogP contribution in [0, 0.1) is 11.8 Å². The van der Waals surface area contributed by atoms with Gasteiger partial charge in [-0.15, -0.1) is 12.4 Å². The van der Waals surface area contributed by atoms with Crippen molar-refractivity contribution in [3.63, 3.8) is 0 Å². The maximum absolute atomic E-state index is 12.9. The van der Waals surface area contributed by atoms with Crippen LogP contribution in [-0.2, 0) is 10.0 Å². The molecule has 0 radical (unpaired) electrons. The monoisotopic (exact) mass is 386 g/mol. The summed E-state index contributed by atoms with van der Waals surface area (Å²) in [5.74, 6) is 0.523. The molecule has 1 saturated heterocycles. The van der Waals surface area contributed by atoms with E-state index in [-0.39, 0.29) is 34.6 Å². The van der Waals surface area contributed by atoms with E-state index in [1.54, 1.807) is 0 Å². The SMILES string of the molecule is Cl.NC1CCC2CN(S(=O)(=O)c3ccc4[nH]c(=O)[nH]c(=O)c4c3)CC12. The molecule has 0 amide bonds. The van der Waals surface area contributed by atoms with Crippen LogP contribution in [0.2, 0.25) is 0 Å². The first-order valence-corrected chi connectivity index (χ1v) is 9.32. The fourth-order valence-electron chi connectivity index (χ4n) is 3.92. The van der Waals surface area contributed by atoms with Crippen LogP contribution in [0.4, 0.5) is 0 Å². The van der Waals surface area contributed by atoms with E-state index in [9.17, 15) is 18.0 Å². The third-order valence-electron chi connectivity index (χ3n) is 5.23. The van der Waals surface area contributed by atoms with Crippen LogP contribution in [0.3, 0.4) is 0 Å². The third-order valence-corrected chi connectivity index (χ3v) is 7.06. The third kappa shape index (κ3) is 2.91. The Bertz CT molecular complexity index is 1030. The van der Waals surface area contributed by atoms with Gasteiger partial charge in [-0.2, -0.15) is 4.31 Å². The normalized spacial score (nSPS) is 26.5. The van der Waals surface area contributed by atoms with E-state index in [0.29, 0.717) is 24.5 Å². The average Bonchev–Trinajstić information content (AvgIpc) is 3.10. The number of fused-ring (bicyclic) bond motifs is 2. The molecule has 3 unspecified atom stereocenters. The van der Waals surface area contributed by atoms with Crippen molar-refractivity contribution in [1.82, 2.24) is 14.3 Å². The Labute approximate surface area is 149 Å². The van der Waals surface area contributed by atoms with Gasteiger partial charge in [0.05, 0.1) is 15.8 Å². The lowest BCUT2D eigenvalue weighted by atomic mass is 9.98. The van der Waals surface area contributed by atoms with Gasteiger partial charge in [-0.3, -0.25) is 9.78 Å². The molecule has 0 bridgehead atoms. The molecular formula is C15H19ClN4O4S. The molecule has 2 aliphatic rings. The van der Waals surface area contributed by atoms with Crippen LogP contribution < -0.4 is 17.0 Å². The van der Waals surface area contributed by atoms with Gasteiger partial charge >= 0.3 is 5.69 Å². The van der Waals surface area contributed by atoms with Crippen LogP contribution in [0.5, 0.6) is 0 Å². The topological polar surface area (TPSA) is 129 Å². The number of aromatic nitrogens is 2. The van der Waals surface area contributed by atoms with Gasteiger partial charge in [0.1, 0.15) is 0 Å². The molecule has 1 aromatic carbocycles. The van der Waals surface area contributed by atoms with Crippen molar-refractivity contribution in [2.45, 2.75) is 23.8 Å². The summed E-state index contributed by atoms with van der Waals surface area (Å²) in [7, 11) is -3.69. The van der Waals surface area contributed by atoms with Gasteiger partial charge in [-0.05, 0) is 42.9 Å². The van der Waals surface area contributed by atoms with Crippen LogP contribution >= 0.6 is 12.4 Å². The predicted octanol–water partition coefficient (Wildman–Crippen LogP) is -0.00400. The largest absolute Gasteiger partial charge is 0.327 e. The minimum Gasteiger partial charge on any atom is -0.327 e. The molecular weight excluding hydrogens is 368 g/mol. The van der Waals surface area contributed by atoms with Gasteiger partial charge < -0.3 is 10.7 Å². The van der Waals surface area contributed by atoms with Crippen LogP contribution in [0.25, 0.3) is 10.9 Å². The number of aromatic amines is 2. The summed E-state index contributed by atoms with van der Waals surface area (Å²) in [6.45, 7) is 0.898. The summed E-state index contributed by atoms with van der Waals surface area (Å²) >= 11 is 0. The van der Waals surface area contributed by atoms with Crippen LogP contribution in [0.1, 0.15) is 12.8 Å². The summed E-state index contributed by atoms with van der Waals surface area (Å²) in [6, 6.07) is 4.23. The Kier molecular flexibility index (Phi) is 4.52. The standard InChI is InChI=1S/C15H18N4O4S.ClH/c16-12-3-1-8-6-19(7-11(8)12)24(22,23)9-2-4-13-10(5-9)14(20)18-15(21)17-13;/h2,4-5,8,11-12H,1,3,6-7,16H2,(H2,17,18,20,21);1H. The number of halogens is 1. The number of rotatable bonds is 2. The van der Waals surface area contributed by atoms with Gasteiger partial charge in [0, 0.05) is 19.1 Å². The highest BCUT2D eigenvalue weighted by Gasteiger charge is 2.45. The van der Waals surface area contributed by atoms with Gasteiger partial charge in [0.25, 0.3) is 5.56 Å². The second-order valence-electron chi connectivity index (χ2n) is 6.60. The molecule has 4 N–H and O–H groups in total.